The second kappa shape index (κ2) is 4.84. The van der Waals surface area contributed by atoms with Crippen molar-refractivity contribution < 1.29 is 0 Å². The highest BCUT2D eigenvalue weighted by Gasteiger charge is 2.18. The first-order valence-corrected chi connectivity index (χ1v) is 7.36. The van der Waals surface area contributed by atoms with E-state index in [1.54, 1.807) is 0 Å². The summed E-state index contributed by atoms with van der Waals surface area (Å²) in [4.78, 5) is 11.5. The third-order valence-electron chi connectivity index (χ3n) is 3.88. The summed E-state index contributed by atoms with van der Waals surface area (Å²) in [6.45, 7) is 4.18. The molecule has 0 radical (unpaired) electrons. The van der Waals surface area contributed by atoms with Crippen LogP contribution >= 0.6 is 0 Å². The SMILES string of the molecule is Cc1cc(N2CCCC2)n2nc(-c3ccccc3)nc2n1. The largest absolute Gasteiger partial charge is 0.356 e. The Labute approximate surface area is 123 Å². The van der Waals surface area contributed by atoms with Crippen molar-refractivity contribution in [3.63, 3.8) is 0 Å². The second-order valence-electron chi connectivity index (χ2n) is 5.46. The van der Waals surface area contributed by atoms with E-state index >= 15 is 0 Å². The van der Waals surface area contributed by atoms with Gasteiger partial charge in [-0.2, -0.15) is 9.50 Å². The Kier molecular flexibility index (Phi) is 2.84. The highest BCUT2D eigenvalue weighted by atomic mass is 15.4. The van der Waals surface area contributed by atoms with Crippen LogP contribution < -0.4 is 4.90 Å². The lowest BCUT2D eigenvalue weighted by Crippen LogP contribution is -2.21. The van der Waals surface area contributed by atoms with E-state index in [2.05, 4.69) is 26.0 Å². The topological polar surface area (TPSA) is 46.3 Å². The first kappa shape index (κ1) is 12.3. The van der Waals surface area contributed by atoms with Crippen molar-refractivity contribution in [1.29, 1.82) is 0 Å². The molecule has 3 heterocycles. The highest BCUT2D eigenvalue weighted by Crippen LogP contribution is 2.23. The molecule has 5 nitrogen and oxygen atoms in total. The fourth-order valence-corrected chi connectivity index (χ4v) is 2.85. The van der Waals surface area contributed by atoms with Crippen molar-refractivity contribution in [1.82, 2.24) is 19.6 Å². The van der Waals surface area contributed by atoms with Crippen LogP contribution in [0.25, 0.3) is 17.2 Å². The molecule has 21 heavy (non-hydrogen) atoms. The fourth-order valence-electron chi connectivity index (χ4n) is 2.85. The molecule has 0 saturated carbocycles. The van der Waals surface area contributed by atoms with Crippen molar-refractivity contribution in [3.05, 3.63) is 42.1 Å². The average molecular weight is 279 g/mol. The Morgan fingerprint density at radius 3 is 2.52 bits per heavy atom. The lowest BCUT2D eigenvalue weighted by atomic mass is 10.2. The van der Waals surface area contributed by atoms with E-state index in [0.717, 1.165) is 36.0 Å². The van der Waals surface area contributed by atoms with Gasteiger partial charge >= 0.3 is 0 Å². The van der Waals surface area contributed by atoms with Crippen molar-refractivity contribution >= 4 is 11.6 Å². The van der Waals surface area contributed by atoms with E-state index in [1.807, 2.05) is 41.8 Å². The number of nitrogens with zero attached hydrogens (tertiary/aromatic N) is 5. The standard InChI is InChI=1S/C16H17N5/c1-12-11-14(20-9-5-6-10-20)21-16(17-12)18-15(19-21)13-7-3-2-4-8-13/h2-4,7-8,11H,5-6,9-10H2,1H3. The molecular formula is C16H17N5. The Bertz CT molecular complexity index is 772. The molecule has 0 spiro atoms. The third kappa shape index (κ3) is 2.14. The zero-order valence-electron chi connectivity index (χ0n) is 12.0. The quantitative estimate of drug-likeness (QED) is 0.723. The van der Waals surface area contributed by atoms with Crippen LogP contribution in [0.2, 0.25) is 0 Å². The number of aryl methyl sites for hydroxylation is 1. The predicted octanol–water partition coefficient (Wildman–Crippen LogP) is 2.70. The molecule has 1 aliphatic rings. The molecule has 0 amide bonds. The van der Waals surface area contributed by atoms with Gasteiger partial charge in [-0.15, -0.1) is 5.10 Å². The molecular weight excluding hydrogens is 262 g/mol. The van der Waals surface area contributed by atoms with Gasteiger partial charge in [-0.25, -0.2) is 4.98 Å². The number of hydrogen-bond donors (Lipinski definition) is 0. The predicted molar refractivity (Wildman–Crippen MR) is 82.4 cm³/mol. The van der Waals surface area contributed by atoms with Crippen molar-refractivity contribution in [2.24, 2.45) is 0 Å². The molecule has 1 fully saturated rings. The minimum absolute atomic E-state index is 0.677. The van der Waals surface area contributed by atoms with E-state index in [4.69, 9.17) is 0 Å². The van der Waals surface area contributed by atoms with Crippen LogP contribution in [0.5, 0.6) is 0 Å². The van der Waals surface area contributed by atoms with E-state index < -0.39 is 0 Å². The van der Waals surface area contributed by atoms with E-state index in [-0.39, 0.29) is 0 Å². The van der Waals surface area contributed by atoms with E-state index in [0.29, 0.717) is 5.78 Å². The smallest absolute Gasteiger partial charge is 0.254 e. The summed E-state index contributed by atoms with van der Waals surface area (Å²) in [7, 11) is 0. The Balaban J connectivity index is 1.88. The van der Waals surface area contributed by atoms with Gasteiger partial charge < -0.3 is 4.90 Å². The van der Waals surface area contributed by atoms with Crippen LogP contribution in [-0.4, -0.2) is 32.7 Å². The minimum Gasteiger partial charge on any atom is -0.356 e. The molecule has 0 N–H and O–H groups in total. The van der Waals surface area contributed by atoms with Crippen LogP contribution in [0, 0.1) is 6.92 Å². The van der Waals surface area contributed by atoms with Gasteiger partial charge in [0.05, 0.1) is 0 Å². The molecule has 1 aromatic carbocycles. The molecule has 0 atom stereocenters. The maximum absolute atomic E-state index is 4.67. The molecule has 4 rings (SSSR count). The summed E-state index contributed by atoms with van der Waals surface area (Å²) in [6.07, 6.45) is 2.48. The molecule has 3 aromatic rings. The lowest BCUT2D eigenvalue weighted by Gasteiger charge is -2.18. The first-order valence-electron chi connectivity index (χ1n) is 7.36. The molecule has 106 valence electrons. The molecule has 5 heteroatoms. The maximum atomic E-state index is 4.67. The molecule has 0 aliphatic carbocycles. The Hall–Kier alpha value is -2.43. The van der Waals surface area contributed by atoms with Crippen molar-refractivity contribution in [2.75, 3.05) is 18.0 Å². The molecule has 1 saturated heterocycles. The highest BCUT2D eigenvalue weighted by molar-refractivity contribution is 5.58. The zero-order chi connectivity index (χ0) is 14.2. The summed E-state index contributed by atoms with van der Waals surface area (Å²) in [5, 5.41) is 4.67. The monoisotopic (exact) mass is 279 g/mol. The van der Waals surface area contributed by atoms with Crippen LogP contribution in [-0.2, 0) is 0 Å². The summed E-state index contributed by atoms with van der Waals surface area (Å²) < 4.78 is 1.88. The van der Waals surface area contributed by atoms with Gasteiger partial charge in [0, 0.05) is 30.4 Å². The number of benzene rings is 1. The summed E-state index contributed by atoms with van der Waals surface area (Å²) >= 11 is 0. The number of fused-ring (bicyclic) bond motifs is 1. The third-order valence-corrected chi connectivity index (χ3v) is 3.88. The minimum atomic E-state index is 0.677. The molecule has 1 aliphatic heterocycles. The summed E-state index contributed by atoms with van der Waals surface area (Å²) in [5.74, 6) is 2.51. The van der Waals surface area contributed by atoms with Crippen LogP contribution in [0.3, 0.4) is 0 Å². The molecule has 0 unspecified atom stereocenters. The van der Waals surface area contributed by atoms with Gasteiger partial charge in [-0.1, -0.05) is 30.3 Å². The summed E-state index contributed by atoms with van der Waals surface area (Å²) in [5.41, 5.74) is 2.00. The van der Waals surface area contributed by atoms with Gasteiger partial charge in [0.25, 0.3) is 5.78 Å². The van der Waals surface area contributed by atoms with E-state index in [1.165, 1.54) is 12.8 Å². The Morgan fingerprint density at radius 1 is 1.00 bits per heavy atom. The van der Waals surface area contributed by atoms with Gasteiger partial charge in [-0.05, 0) is 19.8 Å². The van der Waals surface area contributed by atoms with Gasteiger partial charge in [0.1, 0.15) is 5.82 Å². The number of aromatic nitrogens is 4. The molecule has 0 bridgehead atoms. The normalized spacial score (nSPS) is 15.0. The lowest BCUT2D eigenvalue weighted by molar-refractivity contribution is 0.846. The van der Waals surface area contributed by atoms with Crippen molar-refractivity contribution in [3.8, 4) is 11.4 Å². The van der Waals surface area contributed by atoms with Gasteiger partial charge in [0.2, 0.25) is 0 Å². The van der Waals surface area contributed by atoms with Gasteiger partial charge in [-0.3, -0.25) is 0 Å². The molecule has 2 aromatic heterocycles. The van der Waals surface area contributed by atoms with E-state index in [9.17, 15) is 0 Å². The van der Waals surface area contributed by atoms with Crippen LogP contribution in [0.15, 0.2) is 36.4 Å². The van der Waals surface area contributed by atoms with Crippen LogP contribution in [0.1, 0.15) is 18.5 Å². The van der Waals surface area contributed by atoms with Gasteiger partial charge in [0.15, 0.2) is 5.82 Å². The number of anilines is 1. The summed E-state index contributed by atoms with van der Waals surface area (Å²) in [6, 6.07) is 12.1. The number of rotatable bonds is 2. The first-order chi connectivity index (χ1) is 10.3. The average Bonchev–Trinajstić information content (AvgIpc) is 3.16. The van der Waals surface area contributed by atoms with Crippen LogP contribution in [0.4, 0.5) is 5.82 Å². The fraction of sp³-hybridized carbons (Fsp3) is 0.312. The maximum Gasteiger partial charge on any atom is 0.254 e. The number of hydrogen-bond acceptors (Lipinski definition) is 4. The second-order valence-corrected chi connectivity index (χ2v) is 5.46. The Morgan fingerprint density at radius 2 is 1.76 bits per heavy atom. The van der Waals surface area contributed by atoms with Crippen molar-refractivity contribution in [2.45, 2.75) is 19.8 Å². The zero-order valence-corrected chi connectivity index (χ0v) is 12.0.